The molecular weight excluding hydrogens is 484 g/mol. The van der Waals surface area contributed by atoms with Gasteiger partial charge in [0.05, 0.1) is 13.2 Å². The van der Waals surface area contributed by atoms with Gasteiger partial charge < -0.3 is 25.3 Å². The van der Waals surface area contributed by atoms with Crippen LogP contribution in [0.4, 0.5) is 0 Å². The van der Waals surface area contributed by atoms with Gasteiger partial charge in [0.15, 0.2) is 0 Å². The molecule has 2 aromatic heterocycles. The Hall–Kier alpha value is -4.39. The van der Waals surface area contributed by atoms with Gasteiger partial charge in [-0.25, -0.2) is 0 Å². The van der Waals surface area contributed by atoms with E-state index in [4.69, 9.17) is 4.74 Å². The van der Waals surface area contributed by atoms with Crippen LogP contribution in [-0.2, 0) is 16.0 Å². The molecule has 2 saturated heterocycles. The number of nitriles is 1. The molecule has 2 aliphatic heterocycles. The predicted molar refractivity (Wildman–Crippen MR) is 139 cm³/mol. The minimum absolute atomic E-state index is 0.0407. The molecule has 3 amide bonds. The number of pyridine rings is 1. The topological polar surface area (TPSA) is 140 Å². The van der Waals surface area contributed by atoms with E-state index in [0.29, 0.717) is 43.8 Å². The maximum Gasteiger partial charge on any atom is 0.270 e. The number of H-pyrrole nitrogens is 1. The van der Waals surface area contributed by atoms with Crippen molar-refractivity contribution in [1.82, 2.24) is 25.5 Å². The number of aromatic amines is 1. The van der Waals surface area contributed by atoms with E-state index in [9.17, 15) is 19.6 Å². The van der Waals surface area contributed by atoms with E-state index >= 15 is 0 Å². The summed E-state index contributed by atoms with van der Waals surface area (Å²) in [6.07, 6.45) is 5.51. The van der Waals surface area contributed by atoms with Crippen molar-refractivity contribution in [1.29, 1.82) is 5.26 Å². The van der Waals surface area contributed by atoms with Crippen LogP contribution >= 0.6 is 0 Å². The Morgan fingerprint density at radius 1 is 1.32 bits per heavy atom. The highest BCUT2D eigenvalue weighted by molar-refractivity contribution is 6.01. The molecule has 4 unspecified atom stereocenters. The third-order valence-corrected chi connectivity index (χ3v) is 7.43. The maximum absolute atomic E-state index is 13.7. The number of aromatic nitrogens is 2. The number of carbonyl (C=O) groups is 3. The van der Waals surface area contributed by atoms with E-state index in [0.717, 1.165) is 16.5 Å². The first-order chi connectivity index (χ1) is 18.5. The van der Waals surface area contributed by atoms with E-state index < -0.39 is 12.1 Å². The van der Waals surface area contributed by atoms with Gasteiger partial charge >= 0.3 is 0 Å². The lowest BCUT2D eigenvalue weighted by Crippen LogP contribution is -2.49. The SMILES string of the molecule is COc1cccc2[nH]c(C(=O)N3CC(Cc4cccnc4)CC3C(=O)NC(C#N)CC3CCNC3=O)cc12. The fraction of sp³-hybridized carbons (Fsp3) is 0.393. The van der Waals surface area contributed by atoms with Crippen LogP contribution in [-0.4, -0.2) is 64.9 Å². The number of fused-ring (bicyclic) bond motifs is 1. The Kier molecular flexibility index (Phi) is 7.26. The third kappa shape index (κ3) is 5.18. The molecule has 10 heteroatoms. The number of hydrogen-bond acceptors (Lipinski definition) is 6. The van der Waals surface area contributed by atoms with E-state index in [1.54, 1.807) is 30.5 Å². The van der Waals surface area contributed by atoms with Crippen molar-refractivity contribution in [2.45, 2.75) is 37.8 Å². The third-order valence-electron chi connectivity index (χ3n) is 7.43. The molecule has 4 heterocycles. The standard InChI is InChI=1S/C28H30N6O4/c1-38-25-6-2-5-22-21(25)13-23(33-22)28(37)34-16-18(10-17-4-3-8-30-15-17)11-24(34)27(36)32-20(14-29)12-19-7-9-31-26(19)35/h2-6,8,13,15,18-20,24,33H,7,9-12,16H2,1H3,(H,31,35)(H,32,36). The zero-order chi connectivity index (χ0) is 26.6. The Morgan fingerprint density at radius 3 is 2.89 bits per heavy atom. The number of amides is 3. The molecule has 0 radical (unpaired) electrons. The van der Waals surface area contributed by atoms with Gasteiger partial charge in [-0.2, -0.15) is 5.26 Å². The molecule has 3 N–H and O–H groups in total. The molecule has 5 rings (SSSR count). The van der Waals surface area contributed by atoms with Crippen LogP contribution in [0, 0.1) is 23.2 Å². The quantitative estimate of drug-likeness (QED) is 0.421. The van der Waals surface area contributed by atoms with Gasteiger partial charge in [0, 0.05) is 42.3 Å². The second kappa shape index (κ2) is 10.9. The summed E-state index contributed by atoms with van der Waals surface area (Å²) in [5.74, 6) is -0.384. The first kappa shape index (κ1) is 25.3. The Morgan fingerprint density at radius 2 is 2.18 bits per heavy atom. The summed E-state index contributed by atoms with van der Waals surface area (Å²) in [4.78, 5) is 48.2. The molecule has 0 aliphatic carbocycles. The molecule has 10 nitrogen and oxygen atoms in total. The molecule has 1 aromatic carbocycles. The van der Waals surface area contributed by atoms with Crippen molar-refractivity contribution in [3.8, 4) is 11.8 Å². The van der Waals surface area contributed by atoms with Crippen LogP contribution in [0.2, 0.25) is 0 Å². The van der Waals surface area contributed by atoms with Crippen molar-refractivity contribution in [2.75, 3.05) is 20.2 Å². The summed E-state index contributed by atoms with van der Waals surface area (Å²) in [5, 5.41) is 16.0. The highest BCUT2D eigenvalue weighted by atomic mass is 16.5. The molecule has 38 heavy (non-hydrogen) atoms. The summed E-state index contributed by atoms with van der Waals surface area (Å²) in [6, 6.07) is 11.7. The van der Waals surface area contributed by atoms with Crippen molar-refractivity contribution in [3.05, 3.63) is 60.0 Å². The van der Waals surface area contributed by atoms with Crippen molar-refractivity contribution in [3.63, 3.8) is 0 Å². The van der Waals surface area contributed by atoms with E-state index in [2.05, 4.69) is 26.7 Å². The molecule has 0 bridgehead atoms. The molecule has 2 fully saturated rings. The second-order valence-corrected chi connectivity index (χ2v) is 9.95. The molecule has 0 spiro atoms. The van der Waals surface area contributed by atoms with Gasteiger partial charge in [-0.15, -0.1) is 0 Å². The zero-order valence-corrected chi connectivity index (χ0v) is 21.1. The van der Waals surface area contributed by atoms with Crippen molar-refractivity contribution >= 4 is 28.6 Å². The Bertz CT molecular complexity index is 1380. The first-order valence-corrected chi connectivity index (χ1v) is 12.8. The fourth-order valence-electron chi connectivity index (χ4n) is 5.54. The monoisotopic (exact) mass is 514 g/mol. The number of hydrogen-bond donors (Lipinski definition) is 3. The average Bonchev–Trinajstić information content (AvgIpc) is 3.66. The van der Waals surface area contributed by atoms with E-state index in [-0.39, 0.29) is 36.0 Å². The van der Waals surface area contributed by atoms with Gasteiger partial charge in [-0.3, -0.25) is 19.4 Å². The number of rotatable bonds is 8. The van der Waals surface area contributed by atoms with Gasteiger partial charge in [0.25, 0.3) is 5.91 Å². The van der Waals surface area contributed by atoms with E-state index in [1.807, 2.05) is 30.3 Å². The lowest BCUT2D eigenvalue weighted by Gasteiger charge is -2.25. The first-order valence-electron chi connectivity index (χ1n) is 12.8. The number of nitrogens with zero attached hydrogens (tertiary/aromatic N) is 3. The van der Waals surface area contributed by atoms with Crippen LogP contribution in [0.3, 0.4) is 0 Å². The predicted octanol–water partition coefficient (Wildman–Crippen LogP) is 2.18. The fourth-order valence-corrected chi connectivity index (χ4v) is 5.54. The Balaban J connectivity index is 1.37. The van der Waals surface area contributed by atoms with Crippen LogP contribution < -0.4 is 15.4 Å². The van der Waals surface area contributed by atoms with Crippen LogP contribution in [0.1, 0.15) is 35.3 Å². The van der Waals surface area contributed by atoms with Crippen molar-refractivity contribution < 1.29 is 19.1 Å². The zero-order valence-electron chi connectivity index (χ0n) is 21.1. The summed E-state index contributed by atoms with van der Waals surface area (Å²) in [7, 11) is 1.58. The van der Waals surface area contributed by atoms with Crippen LogP contribution in [0.25, 0.3) is 10.9 Å². The highest BCUT2D eigenvalue weighted by Crippen LogP contribution is 2.31. The summed E-state index contributed by atoms with van der Waals surface area (Å²) < 4.78 is 5.43. The number of nitrogens with one attached hydrogen (secondary N) is 3. The maximum atomic E-state index is 13.7. The highest BCUT2D eigenvalue weighted by Gasteiger charge is 2.41. The van der Waals surface area contributed by atoms with Crippen LogP contribution in [0.5, 0.6) is 5.75 Å². The lowest BCUT2D eigenvalue weighted by molar-refractivity contribution is -0.126. The van der Waals surface area contributed by atoms with E-state index in [1.165, 1.54) is 0 Å². The van der Waals surface area contributed by atoms with Crippen molar-refractivity contribution in [2.24, 2.45) is 11.8 Å². The van der Waals surface area contributed by atoms with Gasteiger partial charge in [-0.1, -0.05) is 12.1 Å². The average molecular weight is 515 g/mol. The molecule has 0 saturated carbocycles. The molecular formula is C28H30N6O4. The van der Waals surface area contributed by atoms with Gasteiger partial charge in [0.2, 0.25) is 11.8 Å². The number of methoxy groups -OCH3 is 1. The van der Waals surface area contributed by atoms with Gasteiger partial charge in [0.1, 0.15) is 23.5 Å². The van der Waals surface area contributed by atoms with Gasteiger partial charge in [-0.05, 0) is 61.4 Å². The minimum Gasteiger partial charge on any atom is -0.496 e. The molecule has 4 atom stereocenters. The molecule has 3 aromatic rings. The number of carbonyl (C=O) groups excluding carboxylic acids is 3. The van der Waals surface area contributed by atoms with Crippen LogP contribution in [0.15, 0.2) is 48.8 Å². The second-order valence-electron chi connectivity index (χ2n) is 9.95. The number of likely N-dealkylation sites (tertiary alicyclic amines) is 1. The number of benzene rings is 1. The summed E-state index contributed by atoms with van der Waals surface area (Å²) in [5.41, 5.74) is 2.16. The largest absolute Gasteiger partial charge is 0.496 e. The molecule has 196 valence electrons. The summed E-state index contributed by atoms with van der Waals surface area (Å²) >= 11 is 0. The minimum atomic E-state index is -0.817. The smallest absolute Gasteiger partial charge is 0.270 e. The lowest BCUT2D eigenvalue weighted by atomic mass is 9.96. The number of ether oxygens (including phenoxy) is 1. The molecule has 2 aliphatic rings. The summed E-state index contributed by atoms with van der Waals surface area (Å²) in [6.45, 7) is 0.965. The Labute approximate surface area is 220 Å². The normalized spacial score (nSPS) is 21.6.